The number of likely N-dealkylation sites (tertiary alicyclic amines) is 1. The Labute approximate surface area is 129 Å². The van der Waals surface area contributed by atoms with Gasteiger partial charge in [-0.2, -0.15) is 0 Å². The van der Waals surface area contributed by atoms with Gasteiger partial charge in [0, 0.05) is 28.0 Å². The molecule has 5 nitrogen and oxygen atoms in total. The van der Waals surface area contributed by atoms with E-state index in [4.69, 9.17) is 11.6 Å². The van der Waals surface area contributed by atoms with Crippen molar-refractivity contribution in [3.8, 4) is 0 Å². The number of benzene rings is 1. The minimum absolute atomic E-state index is 0.0999. The second-order valence-corrected chi connectivity index (χ2v) is 5.90. The summed E-state index contributed by atoms with van der Waals surface area (Å²) >= 11 is 9.18. The predicted octanol–water partition coefficient (Wildman–Crippen LogP) is 1.85. The maximum Gasteiger partial charge on any atom is 0.328 e. The monoisotopic (exact) mass is 361 g/mol. The fourth-order valence-electron chi connectivity index (χ4n) is 2.24. The lowest BCUT2D eigenvalue weighted by Gasteiger charge is -2.22. The largest absolute Gasteiger partial charge is 0.467 e. The van der Waals surface area contributed by atoms with Crippen LogP contribution in [0.25, 0.3) is 0 Å². The predicted molar refractivity (Wildman–Crippen MR) is 76.6 cm³/mol. The molecule has 0 aromatic heterocycles. The zero-order valence-corrected chi connectivity index (χ0v) is 13.0. The van der Waals surface area contributed by atoms with Crippen LogP contribution in [0.1, 0.15) is 16.8 Å². The topological polar surface area (TPSA) is 66.8 Å². The molecule has 2 unspecified atom stereocenters. The van der Waals surface area contributed by atoms with Crippen molar-refractivity contribution < 1.29 is 19.4 Å². The molecular formula is C13H13BrClNO4. The van der Waals surface area contributed by atoms with Crippen LogP contribution in [-0.4, -0.2) is 47.7 Å². The number of hydrogen-bond acceptors (Lipinski definition) is 4. The van der Waals surface area contributed by atoms with E-state index in [0.29, 0.717) is 15.1 Å². The lowest BCUT2D eigenvalue weighted by Crippen LogP contribution is -2.41. The van der Waals surface area contributed by atoms with E-state index >= 15 is 0 Å². The number of amides is 1. The number of halogens is 2. The number of nitrogens with zero attached hydrogens (tertiary/aromatic N) is 1. The first kappa shape index (κ1) is 15.3. The van der Waals surface area contributed by atoms with E-state index in [1.165, 1.54) is 18.1 Å². The van der Waals surface area contributed by atoms with Gasteiger partial charge in [0.05, 0.1) is 13.2 Å². The number of hydrogen-bond donors (Lipinski definition) is 1. The van der Waals surface area contributed by atoms with E-state index in [9.17, 15) is 14.7 Å². The number of β-amino-alcohol motifs (C(OH)–C–C–N with tert-alkyl or cyclic N) is 1. The van der Waals surface area contributed by atoms with Crippen molar-refractivity contribution in [1.82, 2.24) is 4.90 Å². The minimum Gasteiger partial charge on any atom is -0.467 e. The van der Waals surface area contributed by atoms with E-state index in [-0.39, 0.29) is 18.9 Å². The smallest absolute Gasteiger partial charge is 0.328 e. The van der Waals surface area contributed by atoms with Crippen LogP contribution in [0, 0.1) is 0 Å². The Kier molecular flexibility index (Phi) is 4.67. The highest BCUT2D eigenvalue weighted by atomic mass is 79.9. The van der Waals surface area contributed by atoms with Gasteiger partial charge in [-0.1, -0.05) is 27.5 Å². The van der Waals surface area contributed by atoms with E-state index in [0.717, 1.165) is 0 Å². The molecule has 20 heavy (non-hydrogen) atoms. The summed E-state index contributed by atoms with van der Waals surface area (Å²) in [5.41, 5.74) is 0.354. The molecule has 1 aromatic carbocycles. The first-order valence-electron chi connectivity index (χ1n) is 5.95. The molecular weight excluding hydrogens is 350 g/mol. The van der Waals surface area contributed by atoms with Crippen LogP contribution in [0.4, 0.5) is 0 Å². The second kappa shape index (κ2) is 6.11. The molecule has 0 aliphatic carbocycles. The highest BCUT2D eigenvalue weighted by molar-refractivity contribution is 9.10. The van der Waals surface area contributed by atoms with Gasteiger partial charge < -0.3 is 14.7 Å². The first-order chi connectivity index (χ1) is 9.42. The molecule has 108 valence electrons. The van der Waals surface area contributed by atoms with Crippen molar-refractivity contribution in [3.63, 3.8) is 0 Å². The van der Waals surface area contributed by atoms with Crippen LogP contribution in [-0.2, 0) is 9.53 Å². The molecule has 7 heteroatoms. The standard InChI is InChI=1S/C13H13BrClNO4/c1-20-13(19)11-5-10(17)6-16(11)12(18)7-2-8(14)4-9(15)3-7/h2-4,10-11,17H,5-6H2,1H3. The van der Waals surface area contributed by atoms with Crippen LogP contribution in [0.15, 0.2) is 22.7 Å². The molecule has 0 radical (unpaired) electrons. The molecule has 1 aliphatic rings. The first-order valence-corrected chi connectivity index (χ1v) is 7.12. The molecule has 2 atom stereocenters. The molecule has 0 bridgehead atoms. The third-order valence-corrected chi connectivity index (χ3v) is 3.80. The normalized spacial score (nSPS) is 21.9. The molecule has 1 aliphatic heterocycles. The van der Waals surface area contributed by atoms with Gasteiger partial charge in [-0.05, 0) is 18.2 Å². The average molecular weight is 363 g/mol. The maximum absolute atomic E-state index is 12.5. The van der Waals surface area contributed by atoms with Gasteiger partial charge in [-0.15, -0.1) is 0 Å². The number of aliphatic hydroxyl groups is 1. The minimum atomic E-state index is -0.764. The third kappa shape index (κ3) is 3.13. The van der Waals surface area contributed by atoms with Gasteiger partial charge in [0.25, 0.3) is 5.91 Å². The molecule has 1 saturated heterocycles. The Bertz CT molecular complexity index is 531. The summed E-state index contributed by atoms with van der Waals surface area (Å²) in [6.07, 6.45) is -0.550. The van der Waals surface area contributed by atoms with Crippen LogP contribution < -0.4 is 0 Å². The summed E-state index contributed by atoms with van der Waals surface area (Å²) < 4.78 is 5.34. The fourth-order valence-corrected chi connectivity index (χ4v) is 3.10. The maximum atomic E-state index is 12.5. The zero-order valence-electron chi connectivity index (χ0n) is 10.7. The van der Waals surface area contributed by atoms with Crippen molar-refractivity contribution in [2.45, 2.75) is 18.6 Å². The van der Waals surface area contributed by atoms with Crippen molar-refractivity contribution in [2.24, 2.45) is 0 Å². The molecule has 1 aromatic rings. The lowest BCUT2D eigenvalue weighted by molar-refractivity contribution is -0.145. The lowest BCUT2D eigenvalue weighted by atomic mass is 10.1. The summed E-state index contributed by atoms with van der Waals surface area (Å²) in [5.74, 6) is -0.892. The van der Waals surface area contributed by atoms with Crippen molar-refractivity contribution >= 4 is 39.4 Å². The Morgan fingerprint density at radius 3 is 2.75 bits per heavy atom. The number of esters is 1. The number of aliphatic hydroxyl groups excluding tert-OH is 1. The number of rotatable bonds is 2. The van der Waals surface area contributed by atoms with E-state index in [1.807, 2.05) is 0 Å². The Balaban J connectivity index is 2.28. The van der Waals surface area contributed by atoms with Crippen LogP contribution in [0.2, 0.25) is 5.02 Å². The van der Waals surface area contributed by atoms with Gasteiger partial charge in [-0.3, -0.25) is 4.79 Å². The van der Waals surface area contributed by atoms with Crippen molar-refractivity contribution in [1.29, 1.82) is 0 Å². The highest BCUT2D eigenvalue weighted by Gasteiger charge is 2.40. The molecule has 1 amide bonds. The van der Waals surface area contributed by atoms with Crippen molar-refractivity contribution in [2.75, 3.05) is 13.7 Å². The van der Waals surface area contributed by atoms with Gasteiger partial charge in [0.2, 0.25) is 0 Å². The third-order valence-electron chi connectivity index (χ3n) is 3.12. The molecule has 0 spiro atoms. The number of carbonyl (C=O) groups is 2. The molecule has 2 rings (SSSR count). The SMILES string of the molecule is COC(=O)C1CC(O)CN1C(=O)c1cc(Cl)cc(Br)c1. The molecule has 0 saturated carbocycles. The van der Waals surface area contributed by atoms with Crippen LogP contribution in [0.3, 0.4) is 0 Å². The Morgan fingerprint density at radius 1 is 1.45 bits per heavy atom. The van der Waals surface area contributed by atoms with Gasteiger partial charge in [0.15, 0.2) is 0 Å². The zero-order chi connectivity index (χ0) is 14.9. The molecule has 1 heterocycles. The summed E-state index contributed by atoms with van der Waals surface area (Å²) in [5, 5.41) is 10.1. The van der Waals surface area contributed by atoms with E-state index in [2.05, 4.69) is 20.7 Å². The van der Waals surface area contributed by atoms with E-state index in [1.54, 1.807) is 12.1 Å². The average Bonchev–Trinajstić information content (AvgIpc) is 2.78. The summed E-state index contributed by atoms with van der Waals surface area (Å²) in [6.45, 7) is 0.0999. The summed E-state index contributed by atoms with van der Waals surface area (Å²) in [6, 6.07) is 4.04. The Hall–Kier alpha value is -1.11. The second-order valence-electron chi connectivity index (χ2n) is 4.54. The van der Waals surface area contributed by atoms with Gasteiger partial charge >= 0.3 is 5.97 Å². The molecule has 1 N–H and O–H groups in total. The Morgan fingerprint density at radius 2 is 2.15 bits per heavy atom. The van der Waals surface area contributed by atoms with Crippen LogP contribution >= 0.6 is 27.5 Å². The quantitative estimate of drug-likeness (QED) is 0.816. The molecule has 1 fully saturated rings. The summed E-state index contributed by atoms with van der Waals surface area (Å²) in [7, 11) is 1.26. The van der Waals surface area contributed by atoms with Gasteiger partial charge in [0.1, 0.15) is 6.04 Å². The number of carbonyl (C=O) groups excluding carboxylic acids is 2. The summed E-state index contributed by atoms with van der Waals surface area (Å²) in [4.78, 5) is 25.4. The van der Waals surface area contributed by atoms with E-state index < -0.39 is 18.1 Å². The van der Waals surface area contributed by atoms with Crippen LogP contribution in [0.5, 0.6) is 0 Å². The number of methoxy groups -OCH3 is 1. The fraction of sp³-hybridized carbons (Fsp3) is 0.385. The van der Waals surface area contributed by atoms with Gasteiger partial charge in [-0.25, -0.2) is 4.79 Å². The number of ether oxygens (including phenoxy) is 1. The van der Waals surface area contributed by atoms with Crippen molar-refractivity contribution in [3.05, 3.63) is 33.3 Å². The highest BCUT2D eigenvalue weighted by Crippen LogP contribution is 2.25.